The smallest absolute Gasteiger partial charge is 0.491 e. The molecule has 2 bridgehead atoms. The van der Waals surface area contributed by atoms with Crippen LogP contribution in [0.25, 0.3) is 10.9 Å². The Morgan fingerprint density at radius 2 is 2.22 bits per heavy atom. The molecule has 0 saturated carbocycles. The largest absolute Gasteiger partial charge is 0.497 e. The zero-order chi connectivity index (χ0) is 19.4. The van der Waals surface area contributed by atoms with Gasteiger partial charge in [0.05, 0.1) is 18.7 Å². The van der Waals surface area contributed by atoms with Gasteiger partial charge in [-0.2, -0.15) is 4.89 Å². The molecule has 0 aliphatic carbocycles. The van der Waals surface area contributed by atoms with E-state index in [1.165, 1.54) is 6.42 Å². The molecule has 144 valence electrons. The molecule has 2 N–H and O–H groups in total. The van der Waals surface area contributed by atoms with E-state index in [-0.39, 0.29) is 6.04 Å². The van der Waals surface area contributed by atoms with Crippen LogP contribution in [-0.4, -0.2) is 46.1 Å². The molecule has 3 aliphatic heterocycles. The summed E-state index contributed by atoms with van der Waals surface area (Å²) < 4.78 is 13.9. The summed E-state index contributed by atoms with van der Waals surface area (Å²) in [5.74, 6) is 2.01. The van der Waals surface area contributed by atoms with Gasteiger partial charge in [0.2, 0.25) is 0 Å². The molecule has 7 heteroatoms. The zero-order valence-electron chi connectivity index (χ0n) is 15.4. The Kier molecular flexibility index (Phi) is 6.55. The SMILES string of the molecule is C=C[C@H]1CN2CC[C@H]1C[C@H]2[C@H](O)c1ccnc2ccc(OC)cc12.O=[PH+]O. The summed E-state index contributed by atoms with van der Waals surface area (Å²) in [6, 6.07) is 7.96. The van der Waals surface area contributed by atoms with Crippen molar-refractivity contribution >= 4 is 19.6 Å². The van der Waals surface area contributed by atoms with Crippen LogP contribution in [0.15, 0.2) is 43.1 Å². The van der Waals surface area contributed by atoms with E-state index in [1.54, 1.807) is 13.3 Å². The molecule has 1 aromatic carbocycles. The Balaban J connectivity index is 0.000000659. The summed E-state index contributed by atoms with van der Waals surface area (Å²) in [6.07, 6.45) is 5.62. The molecule has 3 aliphatic rings. The van der Waals surface area contributed by atoms with Crippen LogP contribution >= 0.6 is 8.69 Å². The lowest BCUT2D eigenvalue weighted by atomic mass is 9.73. The monoisotopic (exact) mass is 389 g/mol. The van der Waals surface area contributed by atoms with Gasteiger partial charge in [0, 0.05) is 24.2 Å². The predicted molar refractivity (Wildman–Crippen MR) is 106 cm³/mol. The maximum atomic E-state index is 11.2. The molecule has 1 aromatic heterocycles. The zero-order valence-corrected chi connectivity index (χ0v) is 16.4. The van der Waals surface area contributed by atoms with Gasteiger partial charge in [-0.25, -0.2) is 0 Å². The van der Waals surface area contributed by atoms with Crippen LogP contribution in [0.5, 0.6) is 5.75 Å². The number of pyridine rings is 1. The highest BCUT2D eigenvalue weighted by molar-refractivity contribution is 7.16. The van der Waals surface area contributed by atoms with Gasteiger partial charge in [-0.3, -0.25) is 9.88 Å². The number of benzene rings is 1. The number of hydrogen-bond acceptors (Lipinski definition) is 5. The fourth-order valence-corrected chi connectivity index (χ4v) is 4.44. The van der Waals surface area contributed by atoms with Gasteiger partial charge >= 0.3 is 8.69 Å². The lowest BCUT2D eigenvalue weighted by Gasteiger charge is -2.50. The number of aliphatic hydroxyl groups is 1. The normalized spacial score (nSPS) is 27.7. The third-order valence-corrected chi connectivity index (χ3v) is 5.82. The van der Waals surface area contributed by atoms with Crippen LogP contribution in [-0.2, 0) is 4.57 Å². The highest BCUT2D eigenvalue weighted by atomic mass is 31.1. The fourth-order valence-electron chi connectivity index (χ4n) is 4.44. The van der Waals surface area contributed by atoms with Crippen LogP contribution in [0.4, 0.5) is 0 Å². The highest BCUT2D eigenvalue weighted by Gasteiger charge is 2.42. The number of nitrogens with zero attached hydrogens (tertiary/aromatic N) is 2. The first-order valence-electron chi connectivity index (χ1n) is 9.11. The van der Waals surface area contributed by atoms with E-state index in [9.17, 15) is 5.11 Å². The highest BCUT2D eigenvalue weighted by Crippen LogP contribution is 2.42. The summed E-state index contributed by atoms with van der Waals surface area (Å²) in [5, 5.41) is 12.1. The molecule has 3 fully saturated rings. The van der Waals surface area contributed by atoms with Crippen LogP contribution in [0.2, 0.25) is 0 Å². The van der Waals surface area contributed by atoms with Gasteiger partial charge in [0.25, 0.3) is 0 Å². The van der Waals surface area contributed by atoms with E-state index >= 15 is 0 Å². The van der Waals surface area contributed by atoms with Gasteiger partial charge < -0.3 is 9.84 Å². The molecule has 6 atom stereocenters. The van der Waals surface area contributed by atoms with Crippen molar-refractivity contribution in [3.63, 3.8) is 0 Å². The number of methoxy groups -OCH3 is 1. The van der Waals surface area contributed by atoms with Crippen LogP contribution in [0.3, 0.4) is 0 Å². The average molecular weight is 389 g/mol. The number of piperidine rings is 3. The Hall–Kier alpha value is -1.85. The molecule has 3 saturated heterocycles. The Labute approximate surface area is 160 Å². The summed E-state index contributed by atoms with van der Waals surface area (Å²) in [5.41, 5.74) is 1.85. The standard InChI is InChI=1S/C20H24N2O2.HO2P/c1-3-13-12-22-9-7-14(13)10-19(22)20(23)16-6-8-21-18-5-4-15(24-2)11-17(16)18;1-3-2/h3-6,8,11,13-14,19-20,23H,1,7,9-10,12H2,2H3;3H/p+1/t13-,14-,19-,20+;/m0./s1. The van der Waals surface area contributed by atoms with E-state index in [4.69, 9.17) is 14.2 Å². The van der Waals surface area contributed by atoms with Gasteiger partial charge in [0.1, 0.15) is 5.75 Å². The number of rotatable bonds is 4. The minimum absolute atomic E-state index is 0.178. The molecular formula is C20H26N2O4P+. The van der Waals surface area contributed by atoms with Crippen molar-refractivity contribution in [1.82, 2.24) is 9.88 Å². The van der Waals surface area contributed by atoms with E-state index in [0.717, 1.165) is 41.7 Å². The van der Waals surface area contributed by atoms with Crippen LogP contribution < -0.4 is 4.74 Å². The number of fused-ring (bicyclic) bond motifs is 4. The van der Waals surface area contributed by atoms with Crippen molar-refractivity contribution in [2.24, 2.45) is 11.8 Å². The third-order valence-electron chi connectivity index (χ3n) is 5.82. The first-order valence-corrected chi connectivity index (χ1v) is 9.97. The van der Waals surface area contributed by atoms with E-state index < -0.39 is 14.8 Å². The number of ether oxygens (including phenoxy) is 1. The maximum absolute atomic E-state index is 11.2. The molecular weight excluding hydrogens is 363 g/mol. The Morgan fingerprint density at radius 1 is 1.44 bits per heavy atom. The molecule has 2 unspecified atom stereocenters. The van der Waals surface area contributed by atoms with Crippen molar-refractivity contribution in [1.29, 1.82) is 0 Å². The molecule has 6 nitrogen and oxygen atoms in total. The second-order valence-electron chi connectivity index (χ2n) is 7.07. The Morgan fingerprint density at radius 3 is 2.85 bits per heavy atom. The number of aromatic nitrogens is 1. The van der Waals surface area contributed by atoms with E-state index in [0.29, 0.717) is 11.8 Å². The molecule has 0 radical (unpaired) electrons. The van der Waals surface area contributed by atoms with Gasteiger partial charge in [-0.05, 0) is 65.6 Å². The van der Waals surface area contributed by atoms with E-state index in [2.05, 4.69) is 22.5 Å². The van der Waals surface area contributed by atoms with Gasteiger partial charge in [0.15, 0.2) is 0 Å². The molecule has 0 amide bonds. The van der Waals surface area contributed by atoms with Gasteiger partial charge in [-0.1, -0.05) is 6.08 Å². The molecule has 4 heterocycles. The summed E-state index contributed by atoms with van der Waals surface area (Å²) in [7, 11) is 0.495. The van der Waals surface area contributed by atoms with Crippen molar-refractivity contribution in [3.8, 4) is 5.75 Å². The second kappa shape index (κ2) is 8.89. The molecule has 27 heavy (non-hydrogen) atoms. The second-order valence-corrected chi connectivity index (χ2v) is 7.25. The summed E-state index contributed by atoms with van der Waals surface area (Å²) in [6.45, 7) is 6.07. The average Bonchev–Trinajstić information content (AvgIpc) is 2.73. The van der Waals surface area contributed by atoms with Crippen molar-refractivity contribution < 1.29 is 19.3 Å². The maximum Gasteiger partial charge on any atom is 0.491 e. The minimum atomic E-state index is -1.17. The number of aliphatic hydroxyl groups excluding tert-OH is 1. The minimum Gasteiger partial charge on any atom is -0.497 e. The van der Waals surface area contributed by atoms with Crippen LogP contribution in [0, 0.1) is 11.8 Å². The van der Waals surface area contributed by atoms with Crippen molar-refractivity contribution in [3.05, 3.63) is 48.7 Å². The van der Waals surface area contributed by atoms with E-state index in [1.807, 2.05) is 24.3 Å². The number of hydrogen-bond donors (Lipinski definition) is 2. The lowest BCUT2D eigenvalue weighted by molar-refractivity contribution is -0.0444. The van der Waals surface area contributed by atoms with Gasteiger partial charge in [-0.15, -0.1) is 6.58 Å². The topological polar surface area (TPSA) is 82.9 Å². The Bertz CT molecular complexity index is 816. The van der Waals surface area contributed by atoms with Crippen molar-refractivity contribution in [2.45, 2.75) is 25.0 Å². The summed E-state index contributed by atoms with van der Waals surface area (Å²) >= 11 is 0. The molecule has 0 spiro atoms. The fraction of sp³-hybridized carbons (Fsp3) is 0.450. The first-order chi connectivity index (χ1) is 13.1. The van der Waals surface area contributed by atoms with Crippen LogP contribution in [0.1, 0.15) is 24.5 Å². The molecule has 2 aromatic rings. The summed E-state index contributed by atoms with van der Waals surface area (Å²) in [4.78, 5) is 13.9. The molecule has 5 rings (SSSR count). The third kappa shape index (κ3) is 4.04. The van der Waals surface area contributed by atoms with Crippen molar-refractivity contribution in [2.75, 3.05) is 20.2 Å². The predicted octanol–water partition coefficient (Wildman–Crippen LogP) is 3.09. The lowest BCUT2D eigenvalue weighted by Crippen LogP contribution is -2.54. The quantitative estimate of drug-likeness (QED) is 0.618. The first kappa shape index (κ1) is 19.9.